The van der Waals surface area contributed by atoms with E-state index in [1.54, 1.807) is 22.2 Å². The lowest BCUT2D eigenvalue weighted by Crippen LogP contribution is -2.59. The van der Waals surface area contributed by atoms with Crippen LogP contribution in [0.15, 0.2) is 54.9 Å². The lowest BCUT2D eigenvalue weighted by Gasteiger charge is -2.43. The maximum absolute atomic E-state index is 12.9. The van der Waals surface area contributed by atoms with Gasteiger partial charge in [-0.05, 0) is 25.5 Å². The number of carbonyl (C=O) groups is 2. The molecular formula is C21H21N5O2S. The number of carbonyl (C=O) groups excluding carboxylic acids is 2. The van der Waals surface area contributed by atoms with E-state index in [0.29, 0.717) is 18.1 Å². The van der Waals surface area contributed by atoms with Crippen molar-refractivity contribution in [3.05, 3.63) is 65.4 Å². The second-order valence-corrected chi connectivity index (χ2v) is 8.41. The van der Waals surface area contributed by atoms with Crippen LogP contribution in [-0.2, 0) is 21.7 Å². The van der Waals surface area contributed by atoms with E-state index >= 15 is 0 Å². The van der Waals surface area contributed by atoms with Crippen molar-refractivity contribution in [3.8, 4) is 10.6 Å². The van der Waals surface area contributed by atoms with Crippen LogP contribution in [-0.4, -0.2) is 49.9 Å². The standard InChI is InChI=1S/C21H21N5O2S/c1-21(2,16-9-6-10-22-13-16)26-12-11-25(19(27)20(26)28)14-17-23-24-18(29-17)15-7-4-3-5-8-15/h3-10,13H,11-12,14H2,1-2H3. The molecule has 1 aliphatic rings. The molecule has 0 saturated carbocycles. The van der Waals surface area contributed by atoms with Crippen molar-refractivity contribution >= 4 is 23.2 Å². The van der Waals surface area contributed by atoms with Gasteiger partial charge in [-0.2, -0.15) is 0 Å². The Labute approximate surface area is 173 Å². The van der Waals surface area contributed by atoms with Gasteiger partial charge in [0.25, 0.3) is 0 Å². The van der Waals surface area contributed by atoms with E-state index in [2.05, 4.69) is 15.2 Å². The van der Waals surface area contributed by atoms with E-state index in [4.69, 9.17) is 0 Å². The Morgan fingerprint density at radius 3 is 2.52 bits per heavy atom. The van der Waals surface area contributed by atoms with Crippen LogP contribution in [0.2, 0.25) is 0 Å². The van der Waals surface area contributed by atoms with Gasteiger partial charge in [0.2, 0.25) is 0 Å². The van der Waals surface area contributed by atoms with Crippen molar-refractivity contribution < 1.29 is 9.59 Å². The number of hydrogen-bond donors (Lipinski definition) is 0. The molecule has 1 aromatic carbocycles. The Kier molecular flexibility index (Phi) is 5.10. The first-order chi connectivity index (χ1) is 14.0. The SMILES string of the molecule is CC(C)(c1cccnc1)N1CCN(Cc2nnc(-c3ccccc3)s2)C(=O)C1=O. The summed E-state index contributed by atoms with van der Waals surface area (Å²) >= 11 is 1.44. The largest absolute Gasteiger partial charge is 0.326 e. The molecule has 0 spiro atoms. The van der Waals surface area contributed by atoms with E-state index in [1.165, 1.54) is 11.3 Å². The molecular weight excluding hydrogens is 386 g/mol. The van der Waals surface area contributed by atoms with Gasteiger partial charge in [-0.3, -0.25) is 14.6 Å². The highest BCUT2D eigenvalue weighted by molar-refractivity contribution is 7.14. The Hall–Kier alpha value is -3.13. The van der Waals surface area contributed by atoms with Gasteiger partial charge in [-0.1, -0.05) is 47.7 Å². The third-order valence-corrected chi connectivity index (χ3v) is 6.12. The molecule has 7 nitrogen and oxygen atoms in total. The summed E-state index contributed by atoms with van der Waals surface area (Å²) < 4.78 is 0. The topological polar surface area (TPSA) is 79.3 Å². The number of nitrogens with zero attached hydrogens (tertiary/aromatic N) is 5. The lowest BCUT2D eigenvalue weighted by molar-refractivity contribution is -0.160. The van der Waals surface area contributed by atoms with Crippen molar-refractivity contribution in [3.63, 3.8) is 0 Å². The van der Waals surface area contributed by atoms with Gasteiger partial charge in [-0.25, -0.2) is 0 Å². The number of aromatic nitrogens is 3. The predicted octanol–water partition coefficient (Wildman–Crippen LogP) is 2.71. The molecule has 1 fully saturated rings. The second kappa shape index (κ2) is 7.71. The summed E-state index contributed by atoms with van der Waals surface area (Å²) in [6, 6.07) is 13.5. The first-order valence-electron chi connectivity index (χ1n) is 9.36. The predicted molar refractivity (Wildman–Crippen MR) is 110 cm³/mol. The zero-order valence-corrected chi connectivity index (χ0v) is 17.1. The zero-order valence-electron chi connectivity index (χ0n) is 16.3. The van der Waals surface area contributed by atoms with Gasteiger partial charge in [0.05, 0.1) is 12.1 Å². The van der Waals surface area contributed by atoms with Gasteiger partial charge in [0.15, 0.2) is 0 Å². The summed E-state index contributed by atoms with van der Waals surface area (Å²) in [6.45, 7) is 5.06. The number of rotatable bonds is 5. The van der Waals surface area contributed by atoms with E-state index in [1.807, 2.05) is 56.3 Å². The third-order valence-electron chi connectivity index (χ3n) is 5.17. The third kappa shape index (κ3) is 3.75. The van der Waals surface area contributed by atoms with E-state index < -0.39 is 17.4 Å². The van der Waals surface area contributed by atoms with Crippen LogP contribution in [0, 0.1) is 0 Å². The summed E-state index contributed by atoms with van der Waals surface area (Å²) in [5.41, 5.74) is 1.27. The van der Waals surface area contributed by atoms with Crippen LogP contribution in [0.1, 0.15) is 24.4 Å². The molecule has 148 valence electrons. The normalized spacial score (nSPS) is 15.1. The maximum atomic E-state index is 12.9. The van der Waals surface area contributed by atoms with Crippen LogP contribution in [0.3, 0.4) is 0 Å². The minimum absolute atomic E-state index is 0.288. The van der Waals surface area contributed by atoms with Gasteiger partial charge >= 0.3 is 11.8 Å². The molecule has 0 N–H and O–H groups in total. The summed E-state index contributed by atoms with van der Waals surface area (Å²) in [6.07, 6.45) is 3.42. The summed E-state index contributed by atoms with van der Waals surface area (Å²) in [5.74, 6) is -1.01. The quantitative estimate of drug-likeness (QED) is 0.608. The minimum Gasteiger partial charge on any atom is -0.326 e. The van der Waals surface area contributed by atoms with Crippen molar-refractivity contribution in [1.29, 1.82) is 0 Å². The van der Waals surface area contributed by atoms with Crippen molar-refractivity contribution in [2.45, 2.75) is 25.9 Å². The molecule has 0 unspecified atom stereocenters. The highest BCUT2D eigenvalue weighted by Gasteiger charge is 2.41. The lowest BCUT2D eigenvalue weighted by atomic mass is 9.92. The Balaban J connectivity index is 1.47. The van der Waals surface area contributed by atoms with Crippen molar-refractivity contribution in [1.82, 2.24) is 25.0 Å². The molecule has 2 amide bonds. The summed E-state index contributed by atoms with van der Waals surface area (Å²) in [4.78, 5) is 32.9. The van der Waals surface area contributed by atoms with Gasteiger partial charge in [0.1, 0.15) is 10.0 Å². The van der Waals surface area contributed by atoms with E-state index in [-0.39, 0.29) is 6.54 Å². The molecule has 0 aliphatic carbocycles. The molecule has 0 radical (unpaired) electrons. The van der Waals surface area contributed by atoms with Gasteiger partial charge < -0.3 is 9.80 Å². The van der Waals surface area contributed by atoms with Crippen LogP contribution in [0.5, 0.6) is 0 Å². The molecule has 3 aromatic rings. The molecule has 4 rings (SSSR count). The van der Waals surface area contributed by atoms with E-state index in [9.17, 15) is 9.59 Å². The molecule has 0 atom stereocenters. The van der Waals surface area contributed by atoms with Gasteiger partial charge in [-0.15, -0.1) is 10.2 Å². The highest BCUT2D eigenvalue weighted by Crippen LogP contribution is 2.30. The molecule has 0 bridgehead atoms. The minimum atomic E-state index is -0.615. The number of benzene rings is 1. The average molecular weight is 407 g/mol. The molecule has 29 heavy (non-hydrogen) atoms. The fraction of sp³-hybridized carbons (Fsp3) is 0.286. The summed E-state index contributed by atoms with van der Waals surface area (Å²) in [5, 5.41) is 9.94. The maximum Gasteiger partial charge on any atom is 0.312 e. The monoisotopic (exact) mass is 407 g/mol. The Morgan fingerprint density at radius 1 is 1.00 bits per heavy atom. The smallest absolute Gasteiger partial charge is 0.312 e. The second-order valence-electron chi connectivity index (χ2n) is 7.35. The van der Waals surface area contributed by atoms with Gasteiger partial charge in [0, 0.05) is 31.0 Å². The van der Waals surface area contributed by atoms with E-state index in [0.717, 1.165) is 16.1 Å². The first kappa shape index (κ1) is 19.2. The number of hydrogen-bond acceptors (Lipinski definition) is 6. The molecule has 1 saturated heterocycles. The van der Waals surface area contributed by atoms with Crippen LogP contribution < -0.4 is 0 Å². The first-order valence-corrected chi connectivity index (χ1v) is 10.2. The average Bonchev–Trinajstić information content (AvgIpc) is 3.21. The highest BCUT2D eigenvalue weighted by atomic mass is 32.1. The zero-order chi connectivity index (χ0) is 20.4. The summed E-state index contributed by atoms with van der Waals surface area (Å²) in [7, 11) is 0. The van der Waals surface area contributed by atoms with Crippen LogP contribution >= 0.6 is 11.3 Å². The van der Waals surface area contributed by atoms with Crippen LogP contribution in [0.4, 0.5) is 0 Å². The molecule has 8 heteroatoms. The molecule has 2 aromatic heterocycles. The fourth-order valence-corrected chi connectivity index (χ4v) is 4.28. The Morgan fingerprint density at radius 2 is 1.79 bits per heavy atom. The van der Waals surface area contributed by atoms with Crippen LogP contribution in [0.25, 0.3) is 10.6 Å². The Bertz CT molecular complexity index is 1020. The molecule has 1 aliphatic heterocycles. The number of amides is 2. The number of pyridine rings is 1. The van der Waals surface area contributed by atoms with Crippen molar-refractivity contribution in [2.75, 3.05) is 13.1 Å². The fourth-order valence-electron chi connectivity index (χ4n) is 3.42. The molecule has 3 heterocycles. The number of piperazine rings is 1. The van der Waals surface area contributed by atoms with Crippen molar-refractivity contribution in [2.24, 2.45) is 0 Å².